The molecule has 0 spiro atoms. The number of thiocarbonyl (C=S) groups is 1. The Kier molecular flexibility index (Phi) is 5.25. The van der Waals surface area contributed by atoms with Crippen LogP contribution in [0.5, 0.6) is 0 Å². The Morgan fingerprint density at radius 1 is 1.37 bits per heavy atom. The van der Waals surface area contributed by atoms with E-state index < -0.39 is 14.6 Å². The fraction of sp³-hybridized carbons (Fsp3) is 0.818. The summed E-state index contributed by atoms with van der Waals surface area (Å²) in [6.45, 7) is 9.81. The largest absolute Gasteiger partial charge is 0.343 e. The van der Waals surface area contributed by atoms with Crippen LogP contribution in [0.3, 0.4) is 0 Å². The summed E-state index contributed by atoms with van der Waals surface area (Å²) >= 11 is 6.56. The van der Waals surface area contributed by atoms with Gasteiger partial charge < -0.3 is 4.90 Å². The van der Waals surface area contributed by atoms with Crippen molar-refractivity contribution in [2.75, 3.05) is 7.05 Å². The Labute approximate surface area is 125 Å². The summed E-state index contributed by atoms with van der Waals surface area (Å²) in [5, 5.41) is 0.882. The number of hydrogen-bond donors (Lipinski definition) is 0. The highest BCUT2D eigenvalue weighted by molar-refractivity contribution is 8.26. The third kappa shape index (κ3) is 3.41. The molecule has 5 nitrogen and oxygen atoms in total. The van der Waals surface area contributed by atoms with Gasteiger partial charge in [0.05, 0.1) is 0 Å². The van der Waals surface area contributed by atoms with Crippen LogP contribution in [0.25, 0.3) is 0 Å². The quantitative estimate of drug-likeness (QED) is 0.729. The molecule has 1 aliphatic heterocycles. The number of nitrogens with zero attached hydrogens (tertiary/aromatic N) is 3. The van der Waals surface area contributed by atoms with Crippen molar-refractivity contribution < 1.29 is 8.42 Å². The van der Waals surface area contributed by atoms with E-state index in [0.717, 1.165) is 0 Å². The van der Waals surface area contributed by atoms with Gasteiger partial charge in [0.25, 0.3) is 0 Å². The van der Waals surface area contributed by atoms with Gasteiger partial charge in [0.1, 0.15) is 4.58 Å². The Morgan fingerprint density at radius 2 is 1.84 bits per heavy atom. The number of sulfonamides is 1. The van der Waals surface area contributed by atoms with E-state index in [2.05, 4.69) is 4.99 Å². The first-order valence-electron chi connectivity index (χ1n) is 6.14. The highest BCUT2D eigenvalue weighted by atomic mass is 32.3. The minimum Gasteiger partial charge on any atom is -0.343 e. The molecule has 0 aromatic carbocycles. The lowest BCUT2D eigenvalue weighted by Crippen LogP contribution is -2.41. The SMILES string of the molecule is CC(C)N(C(=S)N=C1S[C@@H](C)S(=O)(=O)N1C)C(C)C. The number of hydrogen-bond acceptors (Lipinski definition) is 4. The van der Waals surface area contributed by atoms with Crippen LogP contribution in [0.4, 0.5) is 0 Å². The molecule has 0 aromatic rings. The highest BCUT2D eigenvalue weighted by Crippen LogP contribution is 2.31. The summed E-state index contributed by atoms with van der Waals surface area (Å²) in [4.78, 5) is 6.32. The third-order valence-corrected chi connectivity index (χ3v) is 6.99. The number of aliphatic imine (C=N–C) groups is 1. The molecule has 0 radical (unpaired) electrons. The maximum Gasteiger partial charge on any atom is 0.248 e. The second-order valence-electron chi connectivity index (χ2n) is 4.97. The Morgan fingerprint density at radius 3 is 2.16 bits per heavy atom. The van der Waals surface area contributed by atoms with Crippen molar-refractivity contribution in [3.63, 3.8) is 0 Å². The van der Waals surface area contributed by atoms with Crippen molar-refractivity contribution in [3.8, 4) is 0 Å². The smallest absolute Gasteiger partial charge is 0.248 e. The van der Waals surface area contributed by atoms with E-state index in [-0.39, 0.29) is 12.1 Å². The minimum atomic E-state index is -3.28. The summed E-state index contributed by atoms with van der Waals surface area (Å²) in [7, 11) is -1.76. The zero-order chi connectivity index (χ0) is 15.0. The molecule has 0 saturated carbocycles. The number of amidine groups is 1. The van der Waals surface area contributed by atoms with E-state index in [0.29, 0.717) is 10.3 Å². The predicted octanol–water partition coefficient (Wildman–Crippen LogP) is 2.10. The first-order valence-corrected chi connectivity index (χ1v) is 8.93. The number of thioether (sulfide) groups is 1. The van der Waals surface area contributed by atoms with Crippen LogP contribution in [0.1, 0.15) is 34.6 Å². The van der Waals surface area contributed by atoms with Crippen molar-refractivity contribution in [1.82, 2.24) is 9.21 Å². The fourth-order valence-electron chi connectivity index (χ4n) is 1.89. The van der Waals surface area contributed by atoms with E-state index in [9.17, 15) is 8.42 Å². The zero-order valence-electron chi connectivity index (χ0n) is 12.1. The first-order chi connectivity index (χ1) is 8.59. The van der Waals surface area contributed by atoms with Gasteiger partial charge in [-0.1, -0.05) is 11.8 Å². The molecule has 1 saturated heterocycles. The van der Waals surface area contributed by atoms with Gasteiger partial charge in [-0.2, -0.15) is 4.99 Å². The lowest BCUT2D eigenvalue weighted by Gasteiger charge is -2.31. The van der Waals surface area contributed by atoms with Gasteiger partial charge in [0, 0.05) is 19.1 Å². The summed E-state index contributed by atoms with van der Waals surface area (Å²) < 4.78 is 24.5. The van der Waals surface area contributed by atoms with E-state index >= 15 is 0 Å². The van der Waals surface area contributed by atoms with Gasteiger partial charge in [0.15, 0.2) is 10.3 Å². The van der Waals surface area contributed by atoms with E-state index in [1.807, 2.05) is 32.6 Å². The maximum atomic E-state index is 11.9. The molecule has 110 valence electrons. The molecule has 1 aliphatic rings. The topological polar surface area (TPSA) is 53.0 Å². The molecule has 1 rings (SSSR count). The molecule has 0 N–H and O–H groups in total. The summed E-state index contributed by atoms with van der Waals surface area (Å²) in [5.41, 5.74) is 0. The Hall–Kier alpha value is -0.340. The van der Waals surface area contributed by atoms with Crippen LogP contribution in [0.2, 0.25) is 0 Å². The Bertz CT molecular complexity index is 477. The van der Waals surface area contributed by atoms with Crippen molar-refractivity contribution in [1.29, 1.82) is 0 Å². The minimum absolute atomic E-state index is 0.225. The third-order valence-electron chi connectivity index (χ3n) is 2.87. The Balaban J connectivity index is 3.01. The van der Waals surface area contributed by atoms with Gasteiger partial charge in [-0.05, 0) is 46.8 Å². The predicted molar refractivity (Wildman–Crippen MR) is 85.9 cm³/mol. The summed E-state index contributed by atoms with van der Waals surface area (Å²) in [5.74, 6) is 0. The average Bonchev–Trinajstić information content (AvgIpc) is 2.41. The van der Waals surface area contributed by atoms with Crippen LogP contribution in [0, 0.1) is 0 Å². The molecule has 1 fully saturated rings. The lowest BCUT2D eigenvalue weighted by atomic mass is 10.2. The van der Waals surface area contributed by atoms with Crippen LogP contribution >= 0.6 is 24.0 Å². The normalized spacial score (nSPS) is 24.5. The van der Waals surface area contributed by atoms with Crippen molar-refractivity contribution in [3.05, 3.63) is 0 Å². The second kappa shape index (κ2) is 5.97. The van der Waals surface area contributed by atoms with Crippen molar-refractivity contribution >= 4 is 44.3 Å². The van der Waals surface area contributed by atoms with E-state index in [1.54, 1.807) is 6.92 Å². The average molecular weight is 324 g/mol. The monoisotopic (exact) mass is 323 g/mol. The molecule has 8 heteroatoms. The summed E-state index contributed by atoms with van der Waals surface area (Å²) in [6.07, 6.45) is 0. The van der Waals surface area contributed by atoms with Gasteiger partial charge in [0.2, 0.25) is 10.0 Å². The van der Waals surface area contributed by atoms with Crippen molar-refractivity contribution in [2.45, 2.75) is 51.3 Å². The first kappa shape index (κ1) is 16.7. The summed E-state index contributed by atoms with van der Waals surface area (Å²) in [6, 6.07) is 0.449. The molecule has 0 aliphatic carbocycles. The molecule has 0 amide bonds. The molecular formula is C11H21N3O2S3. The molecule has 0 bridgehead atoms. The molecule has 1 heterocycles. The van der Waals surface area contributed by atoms with Gasteiger partial charge >= 0.3 is 0 Å². The van der Waals surface area contributed by atoms with Gasteiger partial charge in [-0.15, -0.1) is 0 Å². The lowest BCUT2D eigenvalue weighted by molar-refractivity contribution is 0.294. The molecule has 0 unspecified atom stereocenters. The molecule has 19 heavy (non-hydrogen) atoms. The van der Waals surface area contributed by atoms with Crippen molar-refractivity contribution in [2.24, 2.45) is 4.99 Å². The maximum absolute atomic E-state index is 11.9. The van der Waals surface area contributed by atoms with Gasteiger partial charge in [-0.3, -0.25) is 4.31 Å². The number of rotatable bonds is 2. The standard InChI is InChI=1S/C11H21N3O2S3/c1-7(2)14(8(3)4)10(17)12-11-13(6)19(15,16)9(5)18-11/h7-9H,1-6H3/t9-/m1/s1. The molecule has 1 atom stereocenters. The van der Waals surface area contributed by atoms with E-state index in [1.165, 1.54) is 23.1 Å². The van der Waals surface area contributed by atoms with Crippen LogP contribution in [0.15, 0.2) is 4.99 Å². The highest BCUT2D eigenvalue weighted by Gasteiger charge is 2.39. The van der Waals surface area contributed by atoms with Crippen LogP contribution < -0.4 is 0 Å². The second-order valence-corrected chi connectivity index (χ2v) is 9.23. The fourth-order valence-corrected chi connectivity index (χ4v) is 5.32. The molecular weight excluding hydrogens is 302 g/mol. The van der Waals surface area contributed by atoms with Crippen LogP contribution in [-0.2, 0) is 10.0 Å². The van der Waals surface area contributed by atoms with Gasteiger partial charge in [-0.25, -0.2) is 8.42 Å². The molecule has 0 aromatic heterocycles. The zero-order valence-corrected chi connectivity index (χ0v) is 14.6. The van der Waals surface area contributed by atoms with Crippen LogP contribution in [-0.4, -0.2) is 51.6 Å². The van der Waals surface area contributed by atoms with E-state index in [4.69, 9.17) is 12.2 Å².